The van der Waals surface area contributed by atoms with Gasteiger partial charge in [-0.25, -0.2) is 0 Å². The Kier molecular flexibility index (Phi) is 54.8. The molecule has 0 amide bonds. The van der Waals surface area contributed by atoms with E-state index in [-0.39, 0.29) is 31.1 Å². The van der Waals surface area contributed by atoms with Crippen LogP contribution in [0.25, 0.3) is 0 Å². The third kappa shape index (κ3) is 54.3. The van der Waals surface area contributed by atoms with E-state index in [0.717, 1.165) is 83.5 Å². The van der Waals surface area contributed by atoms with Crippen molar-refractivity contribution >= 4 is 17.9 Å². The minimum Gasteiger partial charge on any atom is -0.462 e. The summed E-state index contributed by atoms with van der Waals surface area (Å²) in [7, 11) is 0. The zero-order valence-corrected chi connectivity index (χ0v) is 45.4. The Morgan fingerprint density at radius 3 is 0.897 bits per heavy atom. The second-order valence-corrected chi connectivity index (χ2v) is 19.9. The van der Waals surface area contributed by atoms with Crippen LogP contribution in [0.5, 0.6) is 0 Å². The summed E-state index contributed by atoms with van der Waals surface area (Å²) < 4.78 is 16.8. The van der Waals surface area contributed by atoms with Crippen molar-refractivity contribution in [3.05, 3.63) is 48.6 Å². The lowest BCUT2D eigenvalue weighted by atomic mass is 10.0. The second-order valence-electron chi connectivity index (χ2n) is 19.9. The summed E-state index contributed by atoms with van der Waals surface area (Å²) in [4.78, 5) is 38.0. The van der Waals surface area contributed by atoms with Crippen molar-refractivity contribution < 1.29 is 28.6 Å². The Balaban J connectivity index is 4.19. The molecule has 0 bridgehead atoms. The molecule has 396 valence electrons. The molecule has 6 nitrogen and oxygen atoms in total. The maximum atomic E-state index is 12.8. The van der Waals surface area contributed by atoms with Crippen LogP contribution in [-0.4, -0.2) is 37.2 Å². The molecule has 0 fully saturated rings. The topological polar surface area (TPSA) is 78.9 Å². The number of rotatable bonds is 54. The summed E-state index contributed by atoms with van der Waals surface area (Å²) in [5.74, 6) is -0.862. The van der Waals surface area contributed by atoms with Gasteiger partial charge in [0, 0.05) is 19.3 Å². The van der Waals surface area contributed by atoms with Crippen LogP contribution < -0.4 is 0 Å². The van der Waals surface area contributed by atoms with Gasteiger partial charge in [-0.2, -0.15) is 0 Å². The molecule has 1 unspecified atom stereocenters. The number of esters is 3. The number of carbonyl (C=O) groups excluding carboxylic acids is 3. The number of hydrogen-bond acceptors (Lipinski definition) is 6. The Bertz CT molecular complexity index is 1190. The highest BCUT2D eigenvalue weighted by Crippen LogP contribution is 2.17. The van der Waals surface area contributed by atoms with Gasteiger partial charge in [0.25, 0.3) is 0 Å². The summed E-state index contributed by atoms with van der Waals surface area (Å²) in [5, 5.41) is 0. The van der Waals surface area contributed by atoms with E-state index in [0.29, 0.717) is 19.3 Å². The third-order valence-electron chi connectivity index (χ3n) is 13.1. The van der Waals surface area contributed by atoms with Gasteiger partial charge in [0.15, 0.2) is 6.10 Å². The molecule has 0 aromatic rings. The fourth-order valence-corrected chi connectivity index (χ4v) is 8.67. The van der Waals surface area contributed by atoms with Crippen LogP contribution in [0.3, 0.4) is 0 Å². The van der Waals surface area contributed by atoms with Crippen LogP contribution in [-0.2, 0) is 28.6 Å². The molecule has 0 aliphatic carbocycles. The van der Waals surface area contributed by atoms with Crippen LogP contribution in [0.4, 0.5) is 0 Å². The molecular weight excluding hydrogens is 841 g/mol. The molecule has 0 N–H and O–H groups in total. The molecule has 0 aromatic heterocycles. The van der Waals surface area contributed by atoms with Crippen LogP contribution >= 0.6 is 0 Å². The van der Waals surface area contributed by atoms with Crippen molar-refractivity contribution in [2.24, 2.45) is 0 Å². The first kappa shape index (κ1) is 65.4. The van der Waals surface area contributed by atoms with Crippen molar-refractivity contribution in [3.8, 4) is 0 Å². The Labute approximate surface area is 422 Å². The molecule has 0 aromatic carbocycles. The van der Waals surface area contributed by atoms with E-state index in [1.807, 2.05) is 0 Å². The molecule has 0 rings (SSSR count). The third-order valence-corrected chi connectivity index (χ3v) is 13.1. The number of ether oxygens (including phenoxy) is 3. The average Bonchev–Trinajstić information content (AvgIpc) is 3.34. The first-order chi connectivity index (χ1) is 33.5. The first-order valence-electron chi connectivity index (χ1n) is 29.6. The molecule has 0 spiro atoms. The maximum Gasteiger partial charge on any atom is 0.306 e. The average molecular weight is 954 g/mol. The van der Waals surface area contributed by atoms with E-state index in [1.54, 1.807) is 0 Å². The van der Waals surface area contributed by atoms with Crippen LogP contribution in [0, 0.1) is 0 Å². The molecule has 68 heavy (non-hydrogen) atoms. The van der Waals surface area contributed by atoms with E-state index in [1.165, 1.54) is 186 Å². The Hall–Kier alpha value is -2.63. The van der Waals surface area contributed by atoms with Crippen LogP contribution in [0.15, 0.2) is 48.6 Å². The van der Waals surface area contributed by atoms with Gasteiger partial charge < -0.3 is 14.2 Å². The lowest BCUT2D eigenvalue weighted by Gasteiger charge is -2.18. The predicted octanol–water partition coefficient (Wildman–Crippen LogP) is 19.8. The van der Waals surface area contributed by atoms with E-state index in [4.69, 9.17) is 14.2 Å². The molecule has 0 radical (unpaired) electrons. The van der Waals surface area contributed by atoms with Gasteiger partial charge in [0.05, 0.1) is 0 Å². The van der Waals surface area contributed by atoms with Gasteiger partial charge in [0.1, 0.15) is 13.2 Å². The Morgan fingerprint density at radius 1 is 0.309 bits per heavy atom. The monoisotopic (exact) mass is 953 g/mol. The minimum atomic E-state index is -0.769. The van der Waals surface area contributed by atoms with Gasteiger partial charge in [-0.1, -0.05) is 281 Å². The molecule has 0 aliphatic heterocycles. The van der Waals surface area contributed by atoms with Gasteiger partial charge in [-0.3, -0.25) is 14.4 Å². The van der Waals surface area contributed by atoms with Crippen molar-refractivity contribution in [2.75, 3.05) is 13.2 Å². The quantitative estimate of drug-likeness (QED) is 0.0262. The summed E-state index contributed by atoms with van der Waals surface area (Å²) in [6.07, 6.45) is 69.8. The normalized spacial score (nSPS) is 12.3. The summed E-state index contributed by atoms with van der Waals surface area (Å²) in [5.41, 5.74) is 0. The van der Waals surface area contributed by atoms with Crippen molar-refractivity contribution in [1.29, 1.82) is 0 Å². The minimum absolute atomic E-state index is 0.0701. The Morgan fingerprint density at radius 2 is 0.574 bits per heavy atom. The van der Waals surface area contributed by atoms with Crippen molar-refractivity contribution in [1.82, 2.24) is 0 Å². The zero-order valence-electron chi connectivity index (χ0n) is 45.4. The molecule has 0 heterocycles. The fourth-order valence-electron chi connectivity index (χ4n) is 8.67. The predicted molar refractivity (Wildman–Crippen MR) is 293 cm³/mol. The van der Waals surface area contributed by atoms with E-state index < -0.39 is 6.10 Å². The number of unbranched alkanes of at least 4 members (excludes halogenated alkanes) is 35. The fraction of sp³-hybridized carbons (Fsp3) is 0.823. The standard InChI is InChI=1S/C62H112O6/c1-4-7-10-13-16-19-21-23-25-27-29-30-31-32-34-35-37-39-41-43-46-49-52-55-61(64)67-58-59(57-66-60(63)54-51-48-45-18-15-12-9-6-3)68-62(65)56-53-50-47-44-42-40-38-36-33-28-26-24-22-20-17-14-11-8-5-2/h7,10,16,19,23,25,29-30,59H,4-6,8-9,11-15,17-18,20-22,24,26-28,31-58H2,1-3H3/b10-7-,19-16-,25-23-,30-29-. The SMILES string of the molecule is CC/C=C\C/C=C\C/C=C\C/C=C\CCCCCCCCCCCCC(=O)OCC(COC(=O)CCCCCCCCCC)OC(=O)CCCCCCCCCCCCCCCCCCCCC. The van der Waals surface area contributed by atoms with Gasteiger partial charge in [-0.15, -0.1) is 0 Å². The molecule has 0 aliphatic rings. The highest BCUT2D eigenvalue weighted by Gasteiger charge is 2.19. The lowest BCUT2D eigenvalue weighted by Crippen LogP contribution is -2.30. The summed E-state index contributed by atoms with van der Waals surface area (Å²) in [6, 6.07) is 0. The van der Waals surface area contributed by atoms with Crippen LogP contribution in [0.1, 0.15) is 310 Å². The first-order valence-corrected chi connectivity index (χ1v) is 29.6. The van der Waals surface area contributed by atoms with Crippen LogP contribution in [0.2, 0.25) is 0 Å². The highest BCUT2D eigenvalue weighted by atomic mass is 16.6. The largest absolute Gasteiger partial charge is 0.462 e. The van der Waals surface area contributed by atoms with E-state index >= 15 is 0 Å². The smallest absolute Gasteiger partial charge is 0.306 e. The summed E-state index contributed by atoms with van der Waals surface area (Å²) >= 11 is 0. The van der Waals surface area contributed by atoms with Gasteiger partial charge in [0.2, 0.25) is 0 Å². The summed E-state index contributed by atoms with van der Waals surface area (Å²) in [6.45, 7) is 6.54. The molecule has 6 heteroatoms. The van der Waals surface area contributed by atoms with Gasteiger partial charge in [-0.05, 0) is 57.8 Å². The van der Waals surface area contributed by atoms with E-state index in [9.17, 15) is 14.4 Å². The number of hydrogen-bond donors (Lipinski definition) is 0. The van der Waals surface area contributed by atoms with Crippen molar-refractivity contribution in [3.63, 3.8) is 0 Å². The number of allylic oxidation sites excluding steroid dienone is 8. The highest BCUT2D eigenvalue weighted by molar-refractivity contribution is 5.71. The number of carbonyl (C=O) groups is 3. The van der Waals surface area contributed by atoms with E-state index in [2.05, 4.69) is 69.4 Å². The zero-order chi connectivity index (χ0) is 49.3. The second kappa shape index (κ2) is 57.0. The van der Waals surface area contributed by atoms with Gasteiger partial charge >= 0.3 is 17.9 Å². The molecule has 1 atom stereocenters. The maximum absolute atomic E-state index is 12.8. The molecular formula is C62H112O6. The van der Waals surface area contributed by atoms with Crippen molar-refractivity contribution in [2.45, 2.75) is 316 Å². The molecule has 0 saturated heterocycles. The molecule has 0 saturated carbocycles. The lowest BCUT2D eigenvalue weighted by molar-refractivity contribution is -0.167.